The maximum Gasteiger partial charge on any atom is 0.149 e. The van der Waals surface area contributed by atoms with Crippen molar-refractivity contribution in [1.29, 1.82) is 0 Å². The van der Waals surface area contributed by atoms with Gasteiger partial charge in [-0.2, -0.15) is 0 Å². The maximum absolute atomic E-state index is 13.6. The van der Waals surface area contributed by atoms with Crippen LogP contribution in [0.1, 0.15) is 23.0 Å². The van der Waals surface area contributed by atoms with E-state index in [0.717, 1.165) is 5.56 Å². The summed E-state index contributed by atoms with van der Waals surface area (Å²) in [6.45, 7) is 1.89. The molecule has 4 heteroatoms. The first-order valence-corrected chi connectivity index (χ1v) is 4.97. The fraction of sp³-hybridized carbons (Fsp3) is 0.167. The number of aryl methyl sites for hydroxylation is 1. The van der Waals surface area contributed by atoms with Gasteiger partial charge < -0.3 is 5.73 Å². The number of nitrogens with two attached hydrogens (primary N) is 1. The lowest BCUT2D eigenvalue weighted by atomic mass is 10.0. The summed E-state index contributed by atoms with van der Waals surface area (Å²) in [5.74, 6) is 0.0950. The molecule has 1 atom stereocenters. The lowest BCUT2D eigenvalue weighted by molar-refractivity contribution is 0.593. The minimum Gasteiger partial charge on any atom is -0.318 e. The molecule has 0 spiro atoms. The average molecular weight is 217 g/mol. The SMILES string of the molecule is Cc1ccc(F)c(C(N)c2ncccn2)c1. The van der Waals surface area contributed by atoms with Crippen LogP contribution >= 0.6 is 0 Å². The first-order chi connectivity index (χ1) is 7.68. The van der Waals surface area contributed by atoms with Crippen molar-refractivity contribution in [2.45, 2.75) is 13.0 Å². The van der Waals surface area contributed by atoms with Crippen molar-refractivity contribution in [2.24, 2.45) is 5.73 Å². The van der Waals surface area contributed by atoms with E-state index in [1.165, 1.54) is 6.07 Å². The van der Waals surface area contributed by atoms with Crippen molar-refractivity contribution in [3.8, 4) is 0 Å². The van der Waals surface area contributed by atoms with Gasteiger partial charge in [0.25, 0.3) is 0 Å². The molecule has 0 aliphatic carbocycles. The molecule has 2 rings (SSSR count). The number of rotatable bonds is 2. The summed E-state index contributed by atoms with van der Waals surface area (Å²) in [6.07, 6.45) is 3.19. The van der Waals surface area contributed by atoms with Gasteiger partial charge in [0.1, 0.15) is 11.6 Å². The van der Waals surface area contributed by atoms with Crippen LogP contribution in [0.5, 0.6) is 0 Å². The summed E-state index contributed by atoms with van der Waals surface area (Å²) in [7, 11) is 0. The molecule has 1 unspecified atom stereocenters. The summed E-state index contributed by atoms with van der Waals surface area (Å²) in [5, 5.41) is 0. The monoisotopic (exact) mass is 217 g/mol. The van der Waals surface area contributed by atoms with E-state index in [1.54, 1.807) is 30.6 Å². The van der Waals surface area contributed by atoms with Crippen LogP contribution in [0, 0.1) is 12.7 Å². The second kappa shape index (κ2) is 4.37. The number of benzene rings is 1. The molecule has 16 heavy (non-hydrogen) atoms. The van der Waals surface area contributed by atoms with Crippen molar-refractivity contribution in [3.63, 3.8) is 0 Å². The molecule has 0 saturated carbocycles. The maximum atomic E-state index is 13.6. The Morgan fingerprint density at radius 2 is 1.94 bits per heavy atom. The largest absolute Gasteiger partial charge is 0.318 e. The number of nitrogens with zero attached hydrogens (tertiary/aromatic N) is 2. The van der Waals surface area contributed by atoms with E-state index < -0.39 is 6.04 Å². The van der Waals surface area contributed by atoms with Crippen LogP contribution in [-0.2, 0) is 0 Å². The molecule has 82 valence electrons. The Morgan fingerprint density at radius 1 is 1.25 bits per heavy atom. The van der Waals surface area contributed by atoms with E-state index in [2.05, 4.69) is 9.97 Å². The van der Waals surface area contributed by atoms with E-state index in [9.17, 15) is 4.39 Å². The van der Waals surface area contributed by atoms with Gasteiger partial charge in [-0.15, -0.1) is 0 Å². The predicted octanol–water partition coefficient (Wildman–Crippen LogP) is 1.97. The van der Waals surface area contributed by atoms with Crippen LogP contribution in [0.4, 0.5) is 4.39 Å². The molecule has 0 radical (unpaired) electrons. The molecule has 0 fully saturated rings. The summed E-state index contributed by atoms with van der Waals surface area (Å²) in [6, 6.07) is 5.91. The zero-order valence-corrected chi connectivity index (χ0v) is 8.89. The lowest BCUT2D eigenvalue weighted by Gasteiger charge is -2.11. The fourth-order valence-electron chi connectivity index (χ4n) is 1.51. The van der Waals surface area contributed by atoms with Crippen LogP contribution < -0.4 is 5.73 Å². The summed E-state index contributed by atoms with van der Waals surface area (Å²) < 4.78 is 13.6. The molecule has 3 nitrogen and oxygen atoms in total. The molecule has 2 N–H and O–H groups in total. The molecule has 0 bridgehead atoms. The summed E-state index contributed by atoms with van der Waals surface area (Å²) in [5.41, 5.74) is 7.30. The van der Waals surface area contributed by atoms with Gasteiger partial charge >= 0.3 is 0 Å². The molecule has 1 heterocycles. The lowest BCUT2D eigenvalue weighted by Crippen LogP contribution is -2.16. The molecule has 2 aromatic rings. The zero-order chi connectivity index (χ0) is 11.5. The van der Waals surface area contributed by atoms with Crippen LogP contribution in [0.3, 0.4) is 0 Å². The van der Waals surface area contributed by atoms with Gasteiger partial charge in [0.15, 0.2) is 0 Å². The summed E-state index contributed by atoms with van der Waals surface area (Å²) >= 11 is 0. The molecule has 1 aromatic heterocycles. The van der Waals surface area contributed by atoms with Crippen molar-refractivity contribution < 1.29 is 4.39 Å². The Hall–Kier alpha value is -1.81. The molecular weight excluding hydrogens is 205 g/mol. The highest BCUT2D eigenvalue weighted by atomic mass is 19.1. The van der Waals surface area contributed by atoms with E-state index in [0.29, 0.717) is 11.4 Å². The Labute approximate surface area is 93.2 Å². The Bertz CT molecular complexity index is 485. The van der Waals surface area contributed by atoms with E-state index in [4.69, 9.17) is 5.73 Å². The molecule has 0 aliphatic rings. The Morgan fingerprint density at radius 3 is 2.62 bits per heavy atom. The standard InChI is InChI=1S/C12H12FN3/c1-8-3-4-10(13)9(7-8)11(14)12-15-5-2-6-16-12/h2-7,11H,14H2,1H3. The molecule has 1 aromatic carbocycles. The van der Waals surface area contributed by atoms with E-state index >= 15 is 0 Å². The van der Waals surface area contributed by atoms with Gasteiger partial charge in [-0.1, -0.05) is 17.7 Å². The fourth-order valence-corrected chi connectivity index (χ4v) is 1.51. The van der Waals surface area contributed by atoms with Gasteiger partial charge in [-0.25, -0.2) is 14.4 Å². The third-order valence-electron chi connectivity index (χ3n) is 2.35. The first-order valence-electron chi connectivity index (χ1n) is 4.97. The second-order valence-corrected chi connectivity index (χ2v) is 3.61. The van der Waals surface area contributed by atoms with Gasteiger partial charge in [0, 0.05) is 18.0 Å². The number of halogens is 1. The van der Waals surface area contributed by atoms with E-state index in [-0.39, 0.29) is 5.82 Å². The van der Waals surface area contributed by atoms with Gasteiger partial charge in [0.05, 0.1) is 6.04 Å². The minimum absolute atomic E-state index is 0.328. The quantitative estimate of drug-likeness (QED) is 0.836. The first kappa shape index (κ1) is 10.7. The predicted molar refractivity (Wildman–Crippen MR) is 59.2 cm³/mol. The zero-order valence-electron chi connectivity index (χ0n) is 8.89. The Kier molecular flexibility index (Phi) is 2.92. The number of hydrogen-bond donors (Lipinski definition) is 1. The molecule has 0 amide bonds. The smallest absolute Gasteiger partial charge is 0.149 e. The molecule has 0 aliphatic heterocycles. The van der Waals surface area contributed by atoms with Crippen molar-refractivity contribution in [2.75, 3.05) is 0 Å². The normalized spacial score (nSPS) is 12.4. The highest BCUT2D eigenvalue weighted by Crippen LogP contribution is 2.20. The van der Waals surface area contributed by atoms with Crippen LogP contribution in [0.2, 0.25) is 0 Å². The van der Waals surface area contributed by atoms with Crippen LogP contribution in [0.25, 0.3) is 0 Å². The highest BCUT2D eigenvalue weighted by Gasteiger charge is 2.15. The minimum atomic E-state index is -0.624. The van der Waals surface area contributed by atoms with Gasteiger partial charge in [-0.05, 0) is 19.1 Å². The van der Waals surface area contributed by atoms with Crippen molar-refractivity contribution in [3.05, 3.63) is 59.4 Å². The van der Waals surface area contributed by atoms with Crippen molar-refractivity contribution >= 4 is 0 Å². The van der Waals surface area contributed by atoms with Gasteiger partial charge in [-0.3, -0.25) is 0 Å². The molecule has 0 saturated heterocycles. The third kappa shape index (κ3) is 2.06. The summed E-state index contributed by atoms with van der Waals surface area (Å²) in [4.78, 5) is 8.05. The second-order valence-electron chi connectivity index (χ2n) is 3.61. The number of hydrogen-bond acceptors (Lipinski definition) is 3. The van der Waals surface area contributed by atoms with Crippen LogP contribution in [-0.4, -0.2) is 9.97 Å². The molecular formula is C12H12FN3. The average Bonchev–Trinajstić information content (AvgIpc) is 2.32. The van der Waals surface area contributed by atoms with Crippen molar-refractivity contribution in [1.82, 2.24) is 9.97 Å². The van der Waals surface area contributed by atoms with E-state index in [1.807, 2.05) is 6.92 Å². The van der Waals surface area contributed by atoms with Crippen LogP contribution in [0.15, 0.2) is 36.7 Å². The third-order valence-corrected chi connectivity index (χ3v) is 2.35. The highest BCUT2D eigenvalue weighted by molar-refractivity contribution is 5.30. The Balaban J connectivity index is 2.41. The number of aromatic nitrogens is 2. The van der Waals surface area contributed by atoms with Gasteiger partial charge in [0.2, 0.25) is 0 Å². The topological polar surface area (TPSA) is 51.8 Å².